The Bertz CT molecular complexity index is 590. The number of benzene rings is 2. The molecule has 0 spiro atoms. The quantitative estimate of drug-likeness (QED) is 0.831. The molecule has 0 aromatic heterocycles. The highest BCUT2D eigenvalue weighted by Crippen LogP contribution is 2.23. The van der Waals surface area contributed by atoms with Crippen molar-refractivity contribution in [3.8, 4) is 0 Å². The van der Waals surface area contributed by atoms with Gasteiger partial charge in [0.25, 0.3) is 0 Å². The van der Waals surface area contributed by atoms with E-state index >= 15 is 0 Å². The highest BCUT2D eigenvalue weighted by atomic mass is 32.1. The first-order valence-corrected chi connectivity index (χ1v) is 6.25. The van der Waals surface area contributed by atoms with Crippen LogP contribution in [0.1, 0.15) is 17.2 Å². The van der Waals surface area contributed by atoms with Crippen LogP contribution in [0.25, 0.3) is 0 Å². The van der Waals surface area contributed by atoms with Crippen molar-refractivity contribution >= 4 is 23.0 Å². The molecule has 1 heterocycles. The number of nitrogens with zero attached hydrogens (tertiary/aromatic N) is 1. The maximum atomic E-state index is 5.17. The van der Waals surface area contributed by atoms with E-state index in [9.17, 15) is 0 Å². The van der Waals surface area contributed by atoms with Gasteiger partial charge in [-0.3, -0.25) is 0 Å². The Kier molecular flexibility index (Phi) is 2.90. The third-order valence-corrected chi connectivity index (χ3v) is 3.17. The highest BCUT2D eigenvalue weighted by molar-refractivity contribution is 7.80. The molecule has 1 N–H and O–H groups in total. The number of hydrogen-bond donors (Lipinski definition) is 1. The van der Waals surface area contributed by atoms with E-state index in [2.05, 4.69) is 34.6 Å². The zero-order chi connectivity index (χ0) is 12.4. The minimum atomic E-state index is 0.0566. The van der Waals surface area contributed by atoms with Crippen molar-refractivity contribution in [2.75, 3.05) is 0 Å². The van der Waals surface area contributed by atoms with Crippen LogP contribution in [0.15, 0.2) is 65.7 Å². The second kappa shape index (κ2) is 4.70. The van der Waals surface area contributed by atoms with Crippen molar-refractivity contribution in [1.29, 1.82) is 0 Å². The molecule has 2 aromatic carbocycles. The third kappa shape index (κ3) is 2.05. The van der Waals surface area contributed by atoms with Crippen LogP contribution in [-0.2, 0) is 0 Å². The molecule has 0 aliphatic carbocycles. The van der Waals surface area contributed by atoms with E-state index < -0.39 is 0 Å². The lowest BCUT2D eigenvalue weighted by atomic mass is 9.97. The maximum Gasteiger partial charge on any atom is 0.193 e. The molecule has 88 valence electrons. The summed E-state index contributed by atoms with van der Waals surface area (Å²) >= 11 is 5.17. The first kappa shape index (κ1) is 11.1. The second-order valence-corrected chi connectivity index (χ2v) is 4.54. The molecule has 0 fully saturated rings. The normalized spacial score (nSPS) is 18.3. The lowest BCUT2D eigenvalue weighted by molar-refractivity contribution is 0.868. The van der Waals surface area contributed by atoms with E-state index in [1.165, 1.54) is 5.56 Å². The molecule has 0 saturated heterocycles. The van der Waals surface area contributed by atoms with Gasteiger partial charge in [0.05, 0.1) is 11.8 Å². The Morgan fingerprint density at radius 3 is 2.17 bits per heavy atom. The maximum absolute atomic E-state index is 5.17. The first-order chi connectivity index (χ1) is 8.84. The fraction of sp³-hybridized carbons (Fsp3) is 0.0667. The number of nitrogens with one attached hydrogen (secondary N) is 1. The fourth-order valence-corrected chi connectivity index (χ4v) is 2.34. The van der Waals surface area contributed by atoms with Crippen LogP contribution in [-0.4, -0.2) is 10.8 Å². The van der Waals surface area contributed by atoms with Crippen LogP contribution < -0.4 is 5.32 Å². The smallest absolute Gasteiger partial charge is 0.193 e. The van der Waals surface area contributed by atoms with Crippen LogP contribution in [0.3, 0.4) is 0 Å². The molecule has 1 atom stereocenters. The highest BCUT2D eigenvalue weighted by Gasteiger charge is 2.25. The fourth-order valence-electron chi connectivity index (χ4n) is 2.12. The van der Waals surface area contributed by atoms with Gasteiger partial charge in [-0.05, 0) is 23.3 Å². The molecule has 18 heavy (non-hydrogen) atoms. The summed E-state index contributed by atoms with van der Waals surface area (Å²) in [6.07, 6.45) is 0. The summed E-state index contributed by atoms with van der Waals surface area (Å²) < 4.78 is 0. The molecular weight excluding hydrogens is 240 g/mol. The van der Waals surface area contributed by atoms with E-state index in [1.54, 1.807) is 0 Å². The van der Waals surface area contributed by atoms with Crippen LogP contribution >= 0.6 is 12.2 Å². The summed E-state index contributed by atoms with van der Waals surface area (Å²) in [5.41, 5.74) is 3.28. The van der Waals surface area contributed by atoms with Crippen LogP contribution in [0.4, 0.5) is 0 Å². The average Bonchev–Trinajstić information content (AvgIpc) is 2.83. The Balaban J connectivity index is 2.02. The summed E-state index contributed by atoms with van der Waals surface area (Å²) in [6.45, 7) is 0. The SMILES string of the molecule is S=C1N=C(c2ccccc2)[C@H](c2ccccc2)N1. The predicted octanol–water partition coefficient (Wildman–Crippen LogP) is 3.11. The van der Waals surface area contributed by atoms with E-state index in [4.69, 9.17) is 12.2 Å². The van der Waals surface area contributed by atoms with E-state index in [1.807, 2.05) is 36.4 Å². The van der Waals surface area contributed by atoms with Crippen LogP contribution in [0, 0.1) is 0 Å². The number of aliphatic imine (C=N–C) groups is 1. The van der Waals surface area contributed by atoms with Crippen molar-refractivity contribution in [2.45, 2.75) is 6.04 Å². The molecule has 1 aliphatic rings. The third-order valence-electron chi connectivity index (χ3n) is 2.97. The van der Waals surface area contributed by atoms with Gasteiger partial charge in [0.1, 0.15) is 0 Å². The van der Waals surface area contributed by atoms with Gasteiger partial charge in [-0.25, -0.2) is 4.99 Å². The van der Waals surface area contributed by atoms with E-state index in [0.29, 0.717) is 5.11 Å². The minimum absolute atomic E-state index is 0.0566. The minimum Gasteiger partial charge on any atom is -0.348 e. The topological polar surface area (TPSA) is 24.4 Å². The standard InChI is InChI=1S/C15H12N2S/c18-15-16-13(11-7-3-1-4-8-11)14(17-15)12-9-5-2-6-10-12/h1-10,13H,(H,16,18)/t13-/m0/s1. The summed E-state index contributed by atoms with van der Waals surface area (Å²) in [5, 5.41) is 3.80. The van der Waals surface area contributed by atoms with Crippen molar-refractivity contribution in [1.82, 2.24) is 5.32 Å². The first-order valence-electron chi connectivity index (χ1n) is 5.84. The Labute approximate surface area is 111 Å². The van der Waals surface area contributed by atoms with Gasteiger partial charge in [-0.15, -0.1) is 0 Å². The molecule has 1 aliphatic heterocycles. The Morgan fingerprint density at radius 1 is 0.889 bits per heavy atom. The van der Waals surface area contributed by atoms with Crippen molar-refractivity contribution in [3.05, 3.63) is 71.8 Å². The number of hydrogen-bond acceptors (Lipinski definition) is 1. The predicted molar refractivity (Wildman–Crippen MR) is 77.9 cm³/mol. The van der Waals surface area contributed by atoms with Crippen molar-refractivity contribution < 1.29 is 0 Å². The molecule has 0 bridgehead atoms. The summed E-state index contributed by atoms with van der Waals surface area (Å²) in [4.78, 5) is 4.45. The van der Waals surface area contributed by atoms with Gasteiger partial charge in [-0.2, -0.15) is 0 Å². The molecule has 0 saturated carbocycles. The van der Waals surface area contributed by atoms with E-state index in [-0.39, 0.29) is 6.04 Å². The molecule has 2 aromatic rings. The second-order valence-electron chi connectivity index (χ2n) is 4.16. The van der Waals surface area contributed by atoms with Gasteiger partial charge in [-0.1, -0.05) is 60.7 Å². The van der Waals surface area contributed by atoms with Gasteiger partial charge in [0, 0.05) is 0 Å². The van der Waals surface area contributed by atoms with Crippen molar-refractivity contribution in [3.63, 3.8) is 0 Å². The lowest BCUT2D eigenvalue weighted by Crippen LogP contribution is -2.23. The molecule has 0 unspecified atom stereocenters. The molecular formula is C15H12N2S. The van der Waals surface area contributed by atoms with Gasteiger partial charge < -0.3 is 5.32 Å². The van der Waals surface area contributed by atoms with Crippen molar-refractivity contribution in [2.24, 2.45) is 4.99 Å². The average molecular weight is 252 g/mol. The molecule has 0 amide bonds. The molecule has 2 nitrogen and oxygen atoms in total. The molecule has 3 rings (SSSR count). The summed E-state index contributed by atoms with van der Waals surface area (Å²) in [6, 6.07) is 20.5. The largest absolute Gasteiger partial charge is 0.348 e. The molecule has 0 radical (unpaired) electrons. The van der Waals surface area contributed by atoms with Gasteiger partial charge in [0.2, 0.25) is 0 Å². The van der Waals surface area contributed by atoms with Gasteiger partial charge >= 0.3 is 0 Å². The van der Waals surface area contributed by atoms with Crippen LogP contribution in [0.2, 0.25) is 0 Å². The zero-order valence-electron chi connectivity index (χ0n) is 9.71. The van der Waals surface area contributed by atoms with Gasteiger partial charge in [0.15, 0.2) is 5.11 Å². The van der Waals surface area contributed by atoms with E-state index in [0.717, 1.165) is 11.3 Å². The monoisotopic (exact) mass is 252 g/mol. The Hall–Kier alpha value is -2.00. The zero-order valence-corrected chi connectivity index (χ0v) is 10.5. The lowest BCUT2D eigenvalue weighted by Gasteiger charge is -2.14. The summed E-state index contributed by atoms with van der Waals surface area (Å²) in [5.74, 6) is 0. The number of rotatable bonds is 2. The van der Waals surface area contributed by atoms with Crippen LogP contribution in [0.5, 0.6) is 0 Å². The summed E-state index contributed by atoms with van der Waals surface area (Å²) in [7, 11) is 0. The molecule has 3 heteroatoms. The Morgan fingerprint density at radius 2 is 1.50 bits per heavy atom. The number of thiocarbonyl (C=S) groups is 1.